The number of hydrogen-bond donors (Lipinski definition) is 2. The minimum Gasteiger partial charge on any atom is -0.346 e. The Balaban J connectivity index is 1.77. The second kappa shape index (κ2) is 5.77. The van der Waals surface area contributed by atoms with Crippen molar-refractivity contribution >= 4 is 5.91 Å². The number of hydrogen-bond acceptors (Lipinski definition) is 1. The van der Waals surface area contributed by atoms with Crippen molar-refractivity contribution in [3.63, 3.8) is 0 Å². The first-order valence-corrected chi connectivity index (χ1v) is 6.13. The van der Waals surface area contributed by atoms with Crippen LogP contribution >= 0.6 is 0 Å². The molecule has 17 heavy (non-hydrogen) atoms. The van der Waals surface area contributed by atoms with Gasteiger partial charge in [-0.05, 0) is 18.2 Å². The van der Waals surface area contributed by atoms with E-state index in [-0.39, 0.29) is 11.7 Å². The van der Waals surface area contributed by atoms with Gasteiger partial charge in [-0.25, -0.2) is 4.39 Å². The fraction of sp³-hybridized carbons (Fsp3) is 0.462. The van der Waals surface area contributed by atoms with Crippen LogP contribution in [0.3, 0.4) is 0 Å². The molecule has 0 radical (unpaired) electrons. The van der Waals surface area contributed by atoms with Crippen LogP contribution in [0.4, 0.5) is 4.39 Å². The summed E-state index contributed by atoms with van der Waals surface area (Å²) in [7, 11) is 0. The highest BCUT2D eigenvalue weighted by Crippen LogP contribution is 2.02. The molecule has 1 saturated heterocycles. The molecule has 0 atom stereocenters. The molecule has 1 aromatic carbocycles. The normalized spacial score (nSPS) is 16.1. The number of carbonyl (C=O) groups is 1. The van der Waals surface area contributed by atoms with Crippen molar-refractivity contribution in [2.75, 3.05) is 26.2 Å². The molecule has 2 rings (SSSR count). The second-order valence-electron chi connectivity index (χ2n) is 4.47. The van der Waals surface area contributed by atoms with Crippen LogP contribution in [0.15, 0.2) is 24.3 Å². The molecule has 92 valence electrons. The Labute approximate surface area is 101 Å². The molecule has 1 aliphatic rings. The molecule has 0 bridgehead atoms. The number of rotatable bonds is 4. The first-order chi connectivity index (χ1) is 8.25. The minimum absolute atomic E-state index is 0.192. The summed E-state index contributed by atoms with van der Waals surface area (Å²) < 4.78 is 12.9. The van der Waals surface area contributed by atoms with E-state index in [0.717, 1.165) is 6.54 Å². The van der Waals surface area contributed by atoms with E-state index in [1.807, 2.05) is 0 Å². The third kappa shape index (κ3) is 3.53. The Morgan fingerprint density at radius 1 is 1.35 bits per heavy atom. The molecule has 1 aliphatic heterocycles. The largest absolute Gasteiger partial charge is 0.346 e. The molecule has 0 aromatic heterocycles. The third-order valence-electron chi connectivity index (χ3n) is 3.16. The highest BCUT2D eigenvalue weighted by atomic mass is 19.1. The summed E-state index contributed by atoms with van der Waals surface area (Å²) in [6.07, 6.45) is 2.57. The summed E-state index contributed by atoms with van der Waals surface area (Å²) in [5.41, 5.74) is 0.390. The number of likely N-dealkylation sites (tertiary alicyclic amines) is 1. The van der Waals surface area contributed by atoms with E-state index >= 15 is 0 Å². The zero-order valence-electron chi connectivity index (χ0n) is 9.84. The van der Waals surface area contributed by atoms with Crippen LogP contribution in [0.5, 0.6) is 0 Å². The van der Waals surface area contributed by atoms with Crippen LogP contribution in [-0.4, -0.2) is 32.1 Å². The molecule has 1 fully saturated rings. The van der Waals surface area contributed by atoms with Gasteiger partial charge in [-0.2, -0.15) is 0 Å². The molecule has 0 saturated carbocycles. The van der Waals surface area contributed by atoms with Gasteiger partial charge in [-0.1, -0.05) is 6.07 Å². The number of amides is 1. The smallest absolute Gasteiger partial charge is 0.251 e. The van der Waals surface area contributed by atoms with Gasteiger partial charge >= 0.3 is 0 Å². The van der Waals surface area contributed by atoms with Crippen molar-refractivity contribution < 1.29 is 14.1 Å². The molecule has 2 N–H and O–H groups in total. The van der Waals surface area contributed by atoms with Gasteiger partial charge in [0.05, 0.1) is 26.2 Å². The topological polar surface area (TPSA) is 33.5 Å². The minimum atomic E-state index is -0.372. The molecule has 3 nitrogen and oxygen atoms in total. The van der Waals surface area contributed by atoms with Gasteiger partial charge in [-0.3, -0.25) is 4.79 Å². The van der Waals surface area contributed by atoms with Crippen LogP contribution < -0.4 is 10.2 Å². The summed E-state index contributed by atoms with van der Waals surface area (Å²) in [6, 6.07) is 5.78. The van der Waals surface area contributed by atoms with E-state index < -0.39 is 0 Å². The summed E-state index contributed by atoms with van der Waals surface area (Å²) in [5.74, 6) is -0.564. The standard InChI is InChI=1S/C13H17FN2O/c14-12-5-3-4-11(10-12)13(17)15-6-9-16-7-1-2-8-16/h3-5,10H,1-2,6-9H2,(H,15,17)/p+1. The molecular weight excluding hydrogens is 219 g/mol. The van der Waals surface area contributed by atoms with Gasteiger partial charge in [0.2, 0.25) is 0 Å². The predicted octanol–water partition coefficient (Wildman–Crippen LogP) is 0.234. The van der Waals surface area contributed by atoms with E-state index in [9.17, 15) is 9.18 Å². The van der Waals surface area contributed by atoms with E-state index in [0.29, 0.717) is 12.1 Å². The quantitative estimate of drug-likeness (QED) is 0.772. The predicted molar refractivity (Wildman–Crippen MR) is 63.5 cm³/mol. The summed E-state index contributed by atoms with van der Waals surface area (Å²) >= 11 is 0. The van der Waals surface area contributed by atoms with E-state index in [4.69, 9.17) is 0 Å². The van der Waals surface area contributed by atoms with Gasteiger partial charge in [0.25, 0.3) is 5.91 Å². The monoisotopic (exact) mass is 237 g/mol. The van der Waals surface area contributed by atoms with E-state index in [1.54, 1.807) is 17.0 Å². The number of quaternary nitrogens is 1. The lowest BCUT2D eigenvalue weighted by molar-refractivity contribution is -0.886. The average molecular weight is 237 g/mol. The molecule has 1 amide bonds. The lowest BCUT2D eigenvalue weighted by Gasteiger charge is -2.12. The van der Waals surface area contributed by atoms with Crippen molar-refractivity contribution in [3.8, 4) is 0 Å². The van der Waals surface area contributed by atoms with Gasteiger partial charge in [-0.15, -0.1) is 0 Å². The van der Waals surface area contributed by atoms with Crippen molar-refractivity contribution in [1.29, 1.82) is 0 Å². The van der Waals surface area contributed by atoms with E-state index in [1.165, 1.54) is 38.1 Å². The molecule has 1 aromatic rings. The third-order valence-corrected chi connectivity index (χ3v) is 3.16. The Morgan fingerprint density at radius 3 is 2.82 bits per heavy atom. The van der Waals surface area contributed by atoms with Crippen LogP contribution in [0, 0.1) is 5.82 Å². The Hall–Kier alpha value is -1.42. The SMILES string of the molecule is O=C(NCC[NH+]1CCCC1)c1cccc(F)c1. The summed E-state index contributed by atoms with van der Waals surface area (Å²) in [4.78, 5) is 13.2. The summed E-state index contributed by atoms with van der Waals surface area (Å²) in [6.45, 7) is 4.03. The molecule has 0 unspecified atom stereocenters. The second-order valence-corrected chi connectivity index (χ2v) is 4.47. The Kier molecular flexibility index (Phi) is 4.09. The molecule has 0 spiro atoms. The maximum absolute atomic E-state index is 12.9. The van der Waals surface area contributed by atoms with Gasteiger partial charge < -0.3 is 10.2 Å². The average Bonchev–Trinajstić information content (AvgIpc) is 2.82. The number of carbonyl (C=O) groups excluding carboxylic acids is 1. The zero-order chi connectivity index (χ0) is 12.1. The number of benzene rings is 1. The fourth-order valence-corrected chi connectivity index (χ4v) is 2.21. The Morgan fingerprint density at radius 2 is 2.12 bits per heavy atom. The van der Waals surface area contributed by atoms with Gasteiger partial charge in [0.1, 0.15) is 5.82 Å². The van der Waals surface area contributed by atoms with Crippen molar-refractivity contribution in [1.82, 2.24) is 5.32 Å². The molecule has 4 heteroatoms. The van der Waals surface area contributed by atoms with Crippen LogP contribution in [0.25, 0.3) is 0 Å². The lowest BCUT2D eigenvalue weighted by atomic mass is 10.2. The maximum atomic E-state index is 12.9. The Bertz CT molecular complexity index is 389. The molecular formula is C13H18FN2O+. The van der Waals surface area contributed by atoms with Crippen molar-refractivity contribution in [2.24, 2.45) is 0 Å². The van der Waals surface area contributed by atoms with Gasteiger partial charge in [0.15, 0.2) is 0 Å². The van der Waals surface area contributed by atoms with Gasteiger partial charge in [0, 0.05) is 18.4 Å². The van der Waals surface area contributed by atoms with Crippen molar-refractivity contribution in [2.45, 2.75) is 12.8 Å². The van der Waals surface area contributed by atoms with Crippen molar-refractivity contribution in [3.05, 3.63) is 35.6 Å². The zero-order valence-corrected chi connectivity index (χ0v) is 9.84. The number of nitrogens with one attached hydrogen (secondary N) is 2. The maximum Gasteiger partial charge on any atom is 0.251 e. The van der Waals surface area contributed by atoms with Crippen LogP contribution in [-0.2, 0) is 0 Å². The molecule has 1 heterocycles. The van der Waals surface area contributed by atoms with Crippen LogP contribution in [0.1, 0.15) is 23.2 Å². The lowest BCUT2D eigenvalue weighted by Crippen LogP contribution is -3.10. The van der Waals surface area contributed by atoms with Crippen LogP contribution in [0.2, 0.25) is 0 Å². The fourth-order valence-electron chi connectivity index (χ4n) is 2.21. The number of halogens is 1. The first kappa shape index (κ1) is 12.0. The van der Waals surface area contributed by atoms with E-state index in [2.05, 4.69) is 5.32 Å². The molecule has 0 aliphatic carbocycles. The summed E-state index contributed by atoms with van der Waals surface area (Å²) in [5, 5.41) is 2.83. The highest BCUT2D eigenvalue weighted by molar-refractivity contribution is 5.94. The highest BCUT2D eigenvalue weighted by Gasteiger charge is 2.15. The first-order valence-electron chi connectivity index (χ1n) is 6.13.